The molecule has 0 spiro atoms. The lowest BCUT2D eigenvalue weighted by Gasteiger charge is -2.50. The van der Waals surface area contributed by atoms with Crippen LogP contribution in [0.2, 0.25) is 0 Å². The molecule has 0 unspecified atom stereocenters. The normalized spacial score (nSPS) is 13.5. The summed E-state index contributed by atoms with van der Waals surface area (Å²) in [6, 6.07) is 81.6. The smallest absolute Gasteiger partial charge is 0.252 e. The molecular weight excluding hydrogens is 1010 g/mol. The predicted molar refractivity (Wildman–Crippen MR) is 340 cm³/mol. The molecule has 11 aromatic rings. The largest absolute Gasteiger partial charge is 0.312 e. The Hall–Kier alpha value is -8.64. The fraction of sp³-hybridized carbons (Fsp3) is 0.108. The standard InChI is InChI=1S/C74H56B2F2N2S/c1-73(2,3)51-41-37-47(38-42-51)45-29-33-49(34-30-45)53-17-15-18-54(50-35-31-46(32-36-50)48-39-43-52(44-40-48)74(4,5)6)69(53)80-63-27-13-9-21-57(63)75-55-19-7-11-25-61(55)79-62-26-12-8-20-56(62)76-58-22-10-14-28-64(58)81-72-66(65-59(77)23-16-24-60(65)78)70(80)67(75)71(79)68(72)76/h7-44H,1-6H3. The van der Waals surface area contributed by atoms with Crippen molar-refractivity contribution in [1.29, 1.82) is 0 Å². The number of rotatable bonds is 6. The van der Waals surface area contributed by atoms with Crippen molar-refractivity contribution in [1.82, 2.24) is 0 Å². The molecule has 0 saturated heterocycles. The summed E-state index contributed by atoms with van der Waals surface area (Å²) in [5.41, 5.74) is 24.4. The zero-order valence-electron chi connectivity index (χ0n) is 46.2. The van der Waals surface area contributed by atoms with Gasteiger partial charge in [-0.15, -0.1) is 0 Å². The first-order chi connectivity index (χ1) is 39.3. The minimum atomic E-state index is -0.601. The van der Waals surface area contributed by atoms with E-state index in [9.17, 15) is 0 Å². The molecule has 4 aliphatic heterocycles. The highest BCUT2D eigenvalue weighted by Crippen LogP contribution is 2.56. The summed E-state index contributed by atoms with van der Waals surface area (Å²) in [4.78, 5) is 6.82. The Morgan fingerprint density at radius 3 is 1.19 bits per heavy atom. The Morgan fingerprint density at radius 2 is 0.716 bits per heavy atom. The number of fused-ring (bicyclic) bond motifs is 10. The molecule has 388 valence electrons. The molecule has 7 heteroatoms. The van der Waals surface area contributed by atoms with Gasteiger partial charge in [-0.25, -0.2) is 8.78 Å². The van der Waals surface area contributed by atoms with E-state index in [-0.39, 0.29) is 29.8 Å². The van der Waals surface area contributed by atoms with Crippen molar-refractivity contribution in [3.8, 4) is 55.6 Å². The van der Waals surface area contributed by atoms with Crippen molar-refractivity contribution >= 4 is 92.1 Å². The maximum atomic E-state index is 17.7. The molecule has 4 heterocycles. The van der Waals surface area contributed by atoms with Gasteiger partial charge in [0.1, 0.15) is 11.6 Å². The van der Waals surface area contributed by atoms with E-state index < -0.39 is 11.6 Å². The maximum absolute atomic E-state index is 17.7. The Morgan fingerprint density at radius 1 is 0.333 bits per heavy atom. The summed E-state index contributed by atoms with van der Waals surface area (Å²) >= 11 is 1.64. The van der Waals surface area contributed by atoms with E-state index in [0.717, 1.165) is 116 Å². The topological polar surface area (TPSA) is 6.48 Å². The van der Waals surface area contributed by atoms with Gasteiger partial charge < -0.3 is 9.80 Å². The average molecular weight is 1060 g/mol. The zero-order valence-corrected chi connectivity index (χ0v) is 47.0. The fourth-order valence-electron chi connectivity index (χ4n) is 13.5. The quantitative estimate of drug-likeness (QED) is 0.153. The van der Waals surface area contributed by atoms with Crippen LogP contribution in [-0.2, 0) is 10.8 Å². The van der Waals surface area contributed by atoms with Crippen molar-refractivity contribution in [2.45, 2.75) is 62.2 Å². The van der Waals surface area contributed by atoms with E-state index in [1.165, 1.54) is 34.8 Å². The third-order valence-corrected chi connectivity index (χ3v) is 18.7. The maximum Gasteiger partial charge on any atom is 0.252 e. The lowest BCUT2D eigenvalue weighted by atomic mass is 9.29. The summed E-state index contributed by atoms with van der Waals surface area (Å²) in [6.07, 6.45) is 0. The number of hydrogen-bond donors (Lipinski definition) is 0. The van der Waals surface area contributed by atoms with Crippen LogP contribution in [0.1, 0.15) is 52.7 Å². The van der Waals surface area contributed by atoms with E-state index in [1.54, 1.807) is 11.8 Å². The Kier molecular flexibility index (Phi) is 11.3. The molecule has 0 bridgehead atoms. The van der Waals surface area contributed by atoms with E-state index in [4.69, 9.17) is 0 Å². The number of anilines is 6. The Labute approximate surface area is 479 Å². The number of para-hydroxylation sites is 4. The Balaban J connectivity index is 1.05. The van der Waals surface area contributed by atoms with Gasteiger partial charge >= 0.3 is 0 Å². The molecule has 4 aliphatic rings. The van der Waals surface area contributed by atoms with Crippen molar-refractivity contribution < 1.29 is 8.78 Å². The zero-order chi connectivity index (χ0) is 55.1. The fourth-order valence-corrected chi connectivity index (χ4v) is 14.8. The summed E-state index contributed by atoms with van der Waals surface area (Å²) < 4.78 is 35.4. The molecule has 2 nitrogen and oxygen atoms in total. The van der Waals surface area contributed by atoms with Crippen molar-refractivity contribution in [3.05, 3.63) is 253 Å². The highest BCUT2D eigenvalue weighted by atomic mass is 32.2. The average Bonchev–Trinajstić information content (AvgIpc) is 3.54. The van der Waals surface area contributed by atoms with Gasteiger partial charge in [-0.05, 0) is 119 Å². The SMILES string of the molecule is CC(C)(C)c1ccc(-c2ccc(-c3cccc(-c4ccc(-c5ccc(C(C)(C)C)cc5)cc4)c3N3c4ccccc4B4c5ccccc5N5c6ccccc6B6c7ccccc7Sc7c6c5c4c3c7-c3c(F)cccc3F)cc2)cc1. The van der Waals surface area contributed by atoms with Crippen LogP contribution < -0.4 is 42.6 Å². The molecule has 0 aliphatic carbocycles. The van der Waals surface area contributed by atoms with Crippen molar-refractivity contribution in [2.24, 2.45) is 0 Å². The molecule has 0 amide bonds. The van der Waals surface area contributed by atoms with Crippen molar-refractivity contribution in [2.75, 3.05) is 9.80 Å². The third kappa shape index (κ3) is 7.68. The van der Waals surface area contributed by atoms with Crippen LogP contribution in [0.5, 0.6) is 0 Å². The number of halogens is 2. The molecule has 15 rings (SSSR count). The van der Waals surface area contributed by atoms with Crippen LogP contribution in [0.3, 0.4) is 0 Å². The van der Waals surface area contributed by atoms with Gasteiger partial charge in [-0.2, -0.15) is 0 Å². The summed E-state index contributed by atoms with van der Waals surface area (Å²) in [6.45, 7) is 13.0. The van der Waals surface area contributed by atoms with Crippen LogP contribution >= 0.6 is 11.8 Å². The highest BCUT2D eigenvalue weighted by Gasteiger charge is 2.52. The lowest BCUT2D eigenvalue weighted by Crippen LogP contribution is -2.68. The van der Waals surface area contributed by atoms with Gasteiger partial charge in [0.25, 0.3) is 6.71 Å². The lowest BCUT2D eigenvalue weighted by molar-refractivity contribution is 0.589. The minimum Gasteiger partial charge on any atom is -0.312 e. The second-order valence-corrected chi connectivity index (χ2v) is 25.2. The highest BCUT2D eigenvalue weighted by molar-refractivity contribution is 8.00. The predicted octanol–water partition coefficient (Wildman–Crippen LogP) is 16.3. The summed E-state index contributed by atoms with van der Waals surface area (Å²) in [5, 5.41) is 0. The van der Waals surface area contributed by atoms with Crippen LogP contribution in [0.4, 0.5) is 42.9 Å². The van der Waals surface area contributed by atoms with Crippen LogP contribution in [0.25, 0.3) is 55.6 Å². The van der Waals surface area contributed by atoms with Gasteiger partial charge in [0.15, 0.2) is 0 Å². The molecule has 81 heavy (non-hydrogen) atoms. The molecular formula is C74H56B2F2N2S. The first-order valence-corrected chi connectivity index (χ1v) is 29.0. The van der Waals surface area contributed by atoms with Crippen LogP contribution in [0, 0.1) is 11.6 Å². The monoisotopic (exact) mass is 1060 g/mol. The third-order valence-electron chi connectivity index (χ3n) is 17.4. The number of hydrogen-bond acceptors (Lipinski definition) is 3. The van der Waals surface area contributed by atoms with Gasteiger partial charge in [0.2, 0.25) is 6.71 Å². The molecule has 11 aromatic carbocycles. The van der Waals surface area contributed by atoms with E-state index in [1.807, 2.05) is 0 Å². The molecule has 0 saturated carbocycles. The van der Waals surface area contributed by atoms with Crippen molar-refractivity contribution in [3.63, 3.8) is 0 Å². The molecule has 0 atom stereocenters. The van der Waals surface area contributed by atoms with Crippen LogP contribution in [-0.4, -0.2) is 13.4 Å². The first-order valence-electron chi connectivity index (χ1n) is 28.2. The van der Waals surface area contributed by atoms with E-state index in [2.05, 4.69) is 264 Å². The molecule has 0 fully saturated rings. The molecule has 0 N–H and O–H groups in total. The van der Waals surface area contributed by atoms with Gasteiger partial charge in [-0.1, -0.05) is 253 Å². The first kappa shape index (κ1) is 49.4. The number of nitrogens with zero attached hydrogens (tertiary/aromatic N) is 2. The molecule has 0 radical (unpaired) electrons. The molecule has 0 aromatic heterocycles. The summed E-state index contributed by atoms with van der Waals surface area (Å²) in [7, 11) is 0. The second kappa shape index (κ2) is 18.5. The minimum absolute atomic E-state index is 0.0257. The van der Waals surface area contributed by atoms with Gasteiger partial charge in [0.05, 0.1) is 16.9 Å². The van der Waals surface area contributed by atoms with E-state index >= 15 is 8.78 Å². The van der Waals surface area contributed by atoms with Gasteiger partial charge in [0, 0.05) is 49.2 Å². The van der Waals surface area contributed by atoms with E-state index in [0.29, 0.717) is 5.56 Å². The van der Waals surface area contributed by atoms with Gasteiger partial charge in [-0.3, -0.25) is 0 Å². The van der Waals surface area contributed by atoms with Crippen LogP contribution in [0.15, 0.2) is 240 Å². The number of benzene rings is 11. The summed E-state index contributed by atoms with van der Waals surface area (Å²) in [5.74, 6) is -1.20. The second-order valence-electron chi connectivity index (χ2n) is 24.2. The Bertz CT molecular complexity index is 4220.